The highest BCUT2D eigenvalue weighted by Gasteiger charge is 2.18. The fourth-order valence-electron chi connectivity index (χ4n) is 4.55. The van der Waals surface area contributed by atoms with E-state index >= 15 is 0 Å². The minimum absolute atomic E-state index is 0.0942. The molecule has 0 atom stereocenters. The zero-order chi connectivity index (χ0) is 29.2. The van der Waals surface area contributed by atoms with Crippen molar-refractivity contribution in [2.75, 3.05) is 0 Å². The van der Waals surface area contributed by atoms with Crippen molar-refractivity contribution in [3.05, 3.63) is 111 Å². The third-order valence-corrected chi connectivity index (χ3v) is 7.85. The minimum atomic E-state index is -0.553. The number of carbonyl (C=O) groups is 1. The van der Waals surface area contributed by atoms with E-state index in [1.54, 1.807) is 18.2 Å². The number of hydrogen-bond donors (Lipinski definition) is 1. The monoisotopic (exact) mass is 596 g/mol. The number of nitrogens with one attached hydrogen (secondary N) is 1. The smallest absolute Gasteiger partial charge is 0.307 e. The number of benzene rings is 4. The molecule has 0 aliphatic rings. The number of hydrogen-bond acceptors (Lipinski definition) is 8. The van der Waals surface area contributed by atoms with Gasteiger partial charge in [0.05, 0.1) is 11.1 Å². The van der Waals surface area contributed by atoms with Gasteiger partial charge < -0.3 is 8.98 Å². The van der Waals surface area contributed by atoms with Crippen molar-refractivity contribution < 1.29 is 14.1 Å². The van der Waals surface area contributed by atoms with Crippen LogP contribution in [-0.2, 0) is 6.54 Å². The Kier molecular flexibility index (Phi) is 7.43. The summed E-state index contributed by atoms with van der Waals surface area (Å²) in [6, 6.07) is 25.0. The molecule has 0 aliphatic carbocycles. The molecular weight excluding hydrogens is 576 g/mol. The third-order valence-electron chi connectivity index (χ3n) is 6.54. The number of nitro benzene ring substituents is 1. The zero-order valence-electron chi connectivity index (χ0n) is 22.0. The van der Waals surface area contributed by atoms with E-state index in [1.807, 2.05) is 66.1 Å². The number of nitrogens with zero attached hydrogens (tertiary/aromatic N) is 5. The summed E-state index contributed by atoms with van der Waals surface area (Å²) in [5.41, 5.74) is 4.16. The van der Waals surface area contributed by atoms with Gasteiger partial charge in [-0.2, -0.15) is 5.10 Å². The first-order valence-electron chi connectivity index (χ1n) is 12.8. The first kappa shape index (κ1) is 27.2. The Morgan fingerprint density at radius 1 is 1.07 bits per heavy atom. The van der Waals surface area contributed by atoms with E-state index in [2.05, 4.69) is 20.7 Å². The fraction of sp³-hybridized carbons (Fsp3) is 0.0667. The molecule has 12 heteroatoms. The van der Waals surface area contributed by atoms with Crippen molar-refractivity contribution in [3.8, 4) is 11.4 Å². The van der Waals surface area contributed by atoms with Gasteiger partial charge in [-0.25, -0.2) is 5.43 Å². The van der Waals surface area contributed by atoms with Gasteiger partial charge in [0.1, 0.15) is 5.58 Å². The van der Waals surface area contributed by atoms with Crippen molar-refractivity contribution >= 4 is 62.9 Å². The number of aromatic nitrogens is 3. The molecule has 2 heterocycles. The number of carbonyl (C=O) groups excluding carboxylic acids is 1. The molecule has 0 saturated carbocycles. The van der Waals surface area contributed by atoms with Crippen LogP contribution < -0.4 is 5.43 Å². The number of furan rings is 1. The molecule has 0 aliphatic heterocycles. The van der Waals surface area contributed by atoms with E-state index < -0.39 is 10.8 Å². The molecule has 6 rings (SSSR count). The Hall–Kier alpha value is -5.00. The Morgan fingerprint density at radius 2 is 1.93 bits per heavy atom. The fourth-order valence-corrected chi connectivity index (χ4v) is 5.71. The Morgan fingerprint density at radius 3 is 2.74 bits per heavy atom. The van der Waals surface area contributed by atoms with Crippen LogP contribution in [0.25, 0.3) is 33.1 Å². The lowest BCUT2D eigenvalue weighted by Gasteiger charge is -2.09. The van der Waals surface area contributed by atoms with Crippen LogP contribution >= 0.6 is 23.4 Å². The van der Waals surface area contributed by atoms with Gasteiger partial charge in [-0.3, -0.25) is 14.9 Å². The molecular formula is C30H21ClN6O4S. The van der Waals surface area contributed by atoms with Crippen molar-refractivity contribution in [2.45, 2.75) is 23.5 Å². The average Bonchev–Trinajstić information content (AvgIpc) is 3.62. The summed E-state index contributed by atoms with van der Waals surface area (Å²) in [5, 5.41) is 28.3. The van der Waals surface area contributed by atoms with Gasteiger partial charge in [0, 0.05) is 45.1 Å². The minimum Gasteiger partial charge on any atom is -0.451 e. The molecule has 0 fully saturated rings. The molecule has 0 bridgehead atoms. The maximum atomic E-state index is 12.9. The lowest BCUT2D eigenvalue weighted by atomic mass is 10.1. The molecule has 1 amide bonds. The van der Waals surface area contributed by atoms with E-state index in [4.69, 9.17) is 16.0 Å². The lowest BCUT2D eigenvalue weighted by molar-refractivity contribution is -0.384. The Balaban J connectivity index is 1.27. The number of rotatable bonds is 8. The molecule has 6 aromatic rings. The van der Waals surface area contributed by atoms with Crippen LogP contribution in [0.1, 0.15) is 23.0 Å². The number of hydrazone groups is 1. The van der Waals surface area contributed by atoms with Crippen molar-refractivity contribution in [1.82, 2.24) is 20.2 Å². The highest BCUT2D eigenvalue weighted by molar-refractivity contribution is 7.99. The van der Waals surface area contributed by atoms with Gasteiger partial charge >= 0.3 is 5.91 Å². The molecule has 4 aromatic carbocycles. The number of amides is 1. The standard InChI is InChI=1S/C30H21ClN6O4S/c1-2-36-28(19-7-5-8-21(31)14-19)33-35-30(36)42-27-13-11-22(37(39)40)15-20(27)17-32-34-29(38)26-16-24-23-9-4-3-6-18(23)10-12-25(24)41-26/h3-17H,2H2,1H3,(H,34,38)/b32-17+. The average molecular weight is 597 g/mol. The summed E-state index contributed by atoms with van der Waals surface area (Å²) in [4.78, 5) is 24.5. The highest BCUT2D eigenvalue weighted by atomic mass is 35.5. The summed E-state index contributed by atoms with van der Waals surface area (Å²) in [7, 11) is 0. The topological polar surface area (TPSA) is 128 Å². The molecule has 0 saturated heterocycles. The summed E-state index contributed by atoms with van der Waals surface area (Å²) >= 11 is 7.45. The molecule has 208 valence electrons. The summed E-state index contributed by atoms with van der Waals surface area (Å²) in [6.45, 7) is 2.55. The van der Waals surface area contributed by atoms with Crippen LogP contribution in [0.4, 0.5) is 5.69 Å². The van der Waals surface area contributed by atoms with Crippen molar-refractivity contribution in [2.24, 2.45) is 5.10 Å². The normalized spacial score (nSPS) is 11.5. The Bertz CT molecular complexity index is 2020. The largest absolute Gasteiger partial charge is 0.451 e. The zero-order valence-corrected chi connectivity index (χ0v) is 23.6. The van der Waals surface area contributed by atoms with E-state index in [0.29, 0.717) is 38.6 Å². The maximum absolute atomic E-state index is 12.9. The highest BCUT2D eigenvalue weighted by Crippen LogP contribution is 2.33. The predicted molar refractivity (Wildman–Crippen MR) is 162 cm³/mol. The SMILES string of the molecule is CCn1c(Sc2ccc([N+](=O)[O-])cc2/C=N/NC(=O)c2cc3c(ccc4ccccc43)o2)nnc1-c1cccc(Cl)c1. The summed E-state index contributed by atoms with van der Waals surface area (Å²) < 4.78 is 7.68. The van der Waals surface area contributed by atoms with Crippen LogP contribution in [-0.4, -0.2) is 31.8 Å². The summed E-state index contributed by atoms with van der Waals surface area (Å²) in [6.07, 6.45) is 1.36. The third kappa shape index (κ3) is 5.35. The molecule has 0 radical (unpaired) electrons. The number of nitro groups is 1. The molecule has 10 nitrogen and oxygen atoms in total. The van der Waals surface area contributed by atoms with Gasteiger partial charge in [0.25, 0.3) is 5.69 Å². The van der Waals surface area contributed by atoms with Gasteiger partial charge in [-0.15, -0.1) is 10.2 Å². The van der Waals surface area contributed by atoms with Crippen LogP contribution in [0.5, 0.6) is 0 Å². The van der Waals surface area contributed by atoms with Gasteiger partial charge in [-0.1, -0.05) is 54.1 Å². The number of non-ortho nitro benzene ring substituents is 1. The van der Waals surface area contributed by atoms with Gasteiger partial charge in [0.2, 0.25) is 0 Å². The second kappa shape index (κ2) is 11.5. The Labute approximate surface area is 248 Å². The lowest BCUT2D eigenvalue weighted by Crippen LogP contribution is -2.16. The number of halogens is 1. The second-order valence-corrected chi connectivity index (χ2v) is 10.6. The summed E-state index contributed by atoms with van der Waals surface area (Å²) in [5.74, 6) is 0.185. The van der Waals surface area contributed by atoms with E-state index in [9.17, 15) is 14.9 Å². The first-order valence-corrected chi connectivity index (χ1v) is 14.0. The van der Waals surface area contributed by atoms with E-state index in [-0.39, 0.29) is 11.4 Å². The quantitative estimate of drug-likeness (QED) is 0.110. The maximum Gasteiger partial charge on any atom is 0.307 e. The van der Waals surface area contributed by atoms with E-state index in [0.717, 1.165) is 21.7 Å². The first-order chi connectivity index (χ1) is 20.4. The molecule has 1 N–H and O–H groups in total. The van der Waals surface area contributed by atoms with Crippen LogP contribution in [0, 0.1) is 10.1 Å². The molecule has 42 heavy (non-hydrogen) atoms. The number of fused-ring (bicyclic) bond motifs is 3. The van der Waals surface area contributed by atoms with Crippen LogP contribution in [0.2, 0.25) is 5.02 Å². The molecule has 0 unspecified atom stereocenters. The molecule has 2 aromatic heterocycles. The molecule has 0 spiro atoms. The van der Waals surface area contributed by atoms with Gasteiger partial charge in [0.15, 0.2) is 16.7 Å². The van der Waals surface area contributed by atoms with E-state index in [1.165, 1.54) is 30.1 Å². The predicted octanol–water partition coefficient (Wildman–Crippen LogP) is 7.34. The van der Waals surface area contributed by atoms with Crippen LogP contribution in [0.15, 0.2) is 104 Å². The van der Waals surface area contributed by atoms with Crippen LogP contribution in [0.3, 0.4) is 0 Å². The second-order valence-electron chi connectivity index (χ2n) is 9.15. The van der Waals surface area contributed by atoms with Crippen molar-refractivity contribution in [1.29, 1.82) is 0 Å². The van der Waals surface area contributed by atoms with Crippen molar-refractivity contribution in [3.63, 3.8) is 0 Å². The van der Waals surface area contributed by atoms with Gasteiger partial charge in [-0.05, 0) is 59.8 Å².